The molecule has 1 atom stereocenters. The van der Waals surface area contributed by atoms with Gasteiger partial charge in [-0.1, -0.05) is 35.9 Å². The van der Waals surface area contributed by atoms with Crippen molar-refractivity contribution >= 4 is 34.7 Å². The first-order valence-corrected chi connectivity index (χ1v) is 10.5. The largest absolute Gasteiger partial charge is 0.507 e. The van der Waals surface area contributed by atoms with Crippen LogP contribution in [0, 0.1) is 13.8 Å². The second-order valence-corrected chi connectivity index (χ2v) is 8.12. The molecule has 1 saturated heterocycles. The summed E-state index contributed by atoms with van der Waals surface area (Å²) in [5, 5.41) is 11.7. The van der Waals surface area contributed by atoms with Gasteiger partial charge in [0.2, 0.25) is 0 Å². The van der Waals surface area contributed by atoms with Gasteiger partial charge in [0.1, 0.15) is 11.5 Å². The van der Waals surface area contributed by atoms with E-state index in [4.69, 9.17) is 16.3 Å². The van der Waals surface area contributed by atoms with Crippen LogP contribution in [-0.2, 0) is 9.59 Å². The van der Waals surface area contributed by atoms with Gasteiger partial charge in [-0.2, -0.15) is 0 Å². The standard InChI is InChI=1S/C26H22ClNO4/c1-15-8-13-19(14-16(15)2)28-23(20-6-4-5-7-21(20)32-3)22(25(30)26(28)31)24(29)17-9-11-18(27)12-10-17/h4-14,23,29H,1-3H3/b24-22+. The summed E-state index contributed by atoms with van der Waals surface area (Å²) in [6.45, 7) is 3.92. The lowest BCUT2D eigenvalue weighted by Crippen LogP contribution is -2.29. The van der Waals surface area contributed by atoms with Gasteiger partial charge in [0, 0.05) is 21.8 Å². The highest BCUT2D eigenvalue weighted by Gasteiger charge is 2.47. The number of para-hydroxylation sites is 1. The number of hydrogen-bond acceptors (Lipinski definition) is 4. The molecule has 1 aliphatic rings. The Morgan fingerprint density at radius 3 is 2.31 bits per heavy atom. The second-order valence-electron chi connectivity index (χ2n) is 7.69. The fourth-order valence-corrected chi connectivity index (χ4v) is 4.05. The van der Waals surface area contributed by atoms with Gasteiger partial charge in [0.15, 0.2) is 0 Å². The summed E-state index contributed by atoms with van der Waals surface area (Å²) in [6.07, 6.45) is 0. The lowest BCUT2D eigenvalue weighted by atomic mass is 9.94. The molecule has 0 bridgehead atoms. The van der Waals surface area contributed by atoms with E-state index in [9.17, 15) is 14.7 Å². The van der Waals surface area contributed by atoms with Crippen molar-refractivity contribution in [2.45, 2.75) is 19.9 Å². The minimum Gasteiger partial charge on any atom is -0.507 e. The van der Waals surface area contributed by atoms with Gasteiger partial charge < -0.3 is 9.84 Å². The molecular formula is C26H22ClNO4. The first kappa shape index (κ1) is 21.7. The zero-order valence-corrected chi connectivity index (χ0v) is 18.7. The molecule has 1 aliphatic heterocycles. The van der Waals surface area contributed by atoms with Crippen LogP contribution in [0.15, 0.2) is 72.3 Å². The molecule has 1 N–H and O–H groups in total. The number of methoxy groups -OCH3 is 1. The molecule has 3 aromatic carbocycles. The average Bonchev–Trinajstić information content (AvgIpc) is 3.06. The number of ketones is 1. The maximum absolute atomic E-state index is 13.3. The number of Topliss-reactive ketones (excluding diaryl/α,β-unsaturated/α-hetero) is 1. The number of carbonyl (C=O) groups is 2. The zero-order chi connectivity index (χ0) is 23.0. The molecule has 5 nitrogen and oxygen atoms in total. The topological polar surface area (TPSA) is 66.8 Å². The molecular weight excluding hydrogens is 426 g/mol. The third-order valence-electron chi connectivity index (χ3n) is 5.76. The number of benzene rings is 3. The van der Waals surface area contributed by atoms with Crippen molar-refractivity contribution in [3.8, 4) is 5.75 Å². The number of aliphatic hydroxyl groups excluding tert-OH is 1. The van der Waals surface area contributed by atoms with Crippen LogP contribution in [0.5, 0.6) is 5.75 Å². The van der Waals surface area contributed by atoms with E-state index in [2.05, 4.69) is 0 Å². The lowest BCUT2D eigenvalue weighted by molar-refractivity contribution is -0.132. The molecule has 6 heteroatoms. The summed E-state index contributed by atoms with van der Waals surface area (Å²) in [7, 11) is 1.53. The van der Waals surface area contributed by atoms with E-state index in [-0.39, 0.29) is 11.3 Å². The summed E-state index contributed by atoms with van der Waals surface area (Å²) < 4.78 is 5.53. The van der Waals surface area contributed by atoms with Gasteiger partial charge in [-0.3, -0.25) is 14.5 Å². The average molecular weight is 448 g/mol. The Labute approximate surface area is 191 Å². The minimum absolute atomic E-state index is 0.0000468. The van der Waals surface area contributed by atoms with Crippen molar-refractivity contribution in [2.75, 3.05) is 12.0 Å². The monoisotopic (exact) mass is 447 g/mol. The van der Waals surface area contributed by atoms with Gasteiger partial charge in [-0.15, -0.1) is 0 Å². The van der Waals surface area contributed by atoms with Gasteiger partial charge >= 0.3 is 0 Å². The molecule has 0 aliphatic carbocycles. The Bertz CT molecular complexity index is 1250. The number of aryl methyl sites for hydroxylation is 2. The molecule has 1 heterocycles. The number of nitrogens with zero attached hydrogens (tertiary/aromatic N) is 1. The quantitative estimate of drug-likeness (QED) is 0.321. The molecule has 0 spiro atoms. The van der Waals surface area contributed by atoms with E-state index in [1.807, 2.05) is 32.0 Å². The number of ether oxygens (including phenoxy) is 1. The molecule has 162 valence electrons. The van der Waals surface area contributed by atoms with Crippen molar-refractivity contribution in [3.05, 3.63) is 99.6 Å². The van der Waals surface area contributed by atoms with Crippen LogP contribution in [0.4, 0.5) is 5.69 Å². The fourth-order valence-electron chi connectivity index (χ4n) is 3.92. The highest BCUT2D eigenvalue weighted by atomic mass is 35.5. The smallest absolute Gasteiger partial charge is 0.300 e. The number of halogens is 1. The van der Waals surface area contributed by atoms with Crippen molar-refractivity contribution < 1.29 is 19.4 Å². The van der Waals surface area contributed by atoms with E-state index >= 15 is 0 Å². The lowest BCUT2D eigenvalue weighted by Gasteiger charge is -2.27. The summed E-state index contributed by atoms with van der Waals surface area (Å²) in [5.41, 5.74) is 3.62. The molecule has 32 heavy (non-hydrogen) atoms. The summed E-state index contributed by atoms with van der Waals surface area (Å²) >= 11 is 5.98. The number of anilines is 1. The molecule has 0 radical (unpaired) electrons. The van der Waals surface area contributed by atoms with Gasteiger partial charge in [0.05, 0.1) is 18.7 Å². The molecule has 1 amide bonds. The Hall–Kier alpha value is -3.57. The summed E-state index contributed by atoms with van der Waals surface area (Å²) in [6, 6.07) is 18.3. The Morgan fingerprint density at radius 1 is 0.969 bits per heavy atom. The molecule has 1 fully saturated rings. The Balaban J connectivity index is 1.99. The van der Waals surface area contributed by atoms with Crippen molar-refractivity contribution in [2.24, 2.45) is 0 Å². The summed E-state index contributed by atoms with van der Waals surface area (Å²) in [4.78, 5) is 27.9. The Kier molecular flexibility index (Phi) is 5.76. The third kappa shape index (κ3) is 3.65. The van der Waals surface area contributed by atoms with Crippen molar-refractivity contribution in [3.63, 3.8) is 0 Å². The van der Waals surface area contributed by atoms with Crippen LogP contribution in [0.2, 0.25) is 5.02 Å². The highest BCUT2D eigenvalue weighted by molar-refractivity contribution is 6.51. The molecule has 4 rings (SSSR count). The van der Waals surface area contributed by atoms with E-state index < -0.39 is 17.7 Å². The van der Waals surface area contributed by atoms with Gasteiger partial charge in [-0.05, 0) is 67.4 Å². The van der Waals surface area contributed by atoms with E-state index in [1.54, 1.807) is 48.5 Å². The number of carbonyl (C=O) groups excluding carboxylic acids is 2. The maximum Gasteiger partial charge on any atom is 0.300 e. The zero-order valence-electron chi connectivity index (χ0n) is 17.9. The van der Waals surface area contributed by atoms with Crippen LogP contribution in [0.1, 0.15) is 28.3 Å². The van der Waals surface area contributed by atoms with Gasteiger partial charge in [-0.25, -0.2) is 0 Å². The maximum atomic E-state index is 13.3. The van der Waals surface area contributed by atoms with E-state index in [0.29, 0.717) is 27.6 Å². The number of hydrogen-bond donors (Lipinski definition) is 1. The third-order valence-corrected chi connectivity index (χ3v) is 6.02. The van der Waals surface area contributed by atoms with Crippen LogP contribution < -0.4 is 9.64 Å². The first-order valence-electron chi connectivity index (χ1n) is 10.1. The second kappa shape index (κ2) is 8.52. The van der Waals surface area contributed by atoms with Crippen LogP contribution in [0.25, 0.3) is 5.76 Å². The predicted octanol–water partition coefficient (Wildman–Crippen LogP) is 5.59. The Morgan fingerprint density at radius 2 is 1.66 bits per heavy atom. The number of rotatable bonds is 4. The van der Waals surface area contributed by atoms with Crippen LogP contribution in [0.3, 0.4) is 0 Å². The molecule has 0 aromatic heterocycles. The molecule has 1 unspecified atom stereocenters. The number of amides is 1. The number of aliphatic hydroxyl groups is 1. The van der Waals surface area contributed by atoms with Crippen molar-refractivity contribution in [1.29, 1.82) is 0 Å². The summed E-state index contributed by atoms with van der Waals surface area (Å²) in [5.74, 6) is -1.22. The minimum atomic E-state index is -0.857. The first-order chi connectivity index (χ1) is 15.3. The SMILES string of the molecule is COc1ccccc1C1/C(=C(\O)c2ccc(Cl)cc2)C(=O)C(=O)N1c1ccc(C)c(C)c1. The van der Waals surface area contributed by atoms with E-state index in [1.165, 1.54) is 12.0 Å². The van der Waals surface area contributed by atoms with E-state index in [0.717, 1.165) is 11.1 Å². The molecule has 0 saturated carbocycles. The fraction of sp³-hybridized carbons (Fsp3) is 0.154. The van der Waals surface area contributed by atoms with Crippen molar-refractivity contribution in [1.82, 2.24) is 0 Å². The predicted molar refractivity (Wildman–Crippen MR) is 125 cm³/mol. The highest BCUT2D eigenvalue weighted by Crippen LogP contribution is 2.45. The normalized spacial score (nSPS) is 17.6. The molecule has 3 aromatic rings. The van der Waals surface area contributed by atoms with Crippen LogP contribution in [-0.4, -0.2) is 23.9 Å². The van der Waals surface area contributed by atoms with Crippen LogP contribution >= 0.6 is 11.6 Å². The van der Waals surface area contributed by atoms with Gasteiger partial charge in [0.25, 0.3) is 11.7 Å².